The van der Waals surface area contributed by atoms with Crippen LogP contribution in [0.2, 0.25) is 0 Å². The van der Waals surface area contributed by atoms with Gasteiger partial charge in [-0.25, -0.2) is 0 Å². The van der Waals surface area contributed by atoms with Crippen molar-refractivity contribution in [2.75, 3.05) is 11.1 Å². The van der Waals surface area contributed by atoms with Gasteiger partial charge in [0.15, 0.2) is 11.0 Å². The molecule has 1 heterocycles. The highest BCUT2D eigenvalue weighted by atomic mass is 32.2. The summed E-state index contributed by atoms with van der Waals surface area (Å²) in [6, 6.07) is 13.1. The van der Waals surface area contributed by atoms with Gasteiger partial charge in [-0.1, -0.05) is 61.5 Å². The Morgan fingerprint density at radius 3 is 2.24 bits per heavy atom. The molecule has 0 spiro atoms. The highest BCUT2D eigenvalue weighted by Crippen LogP contribution is 2.25. The SMILES string of the molecule is Cc1ccc(C(=O)N[C@@H](c2nnc(SCC(=O)Nc3c(C)cccc3C)n2C)C(C)C)cc1. The fourth-order valence-electron chi connectivity index (χ4n) is 3.50. The molecule has 0 radical (unpaired) electrons. The molecule has 1 atom stereocenters. The van der Waals surface area contributed by atoms with Crippen molar-refractivity contribution in [3.8, 4) is 0 Å². The van der Waals surface area contributed by atoms with Gasteiger partial charge in [0.1, 0.15) is 0 Å². The number of para-hydroxylation sites is 1. The molecule has 33 heavy (non-hydrogen) atoms. The number of aryl methyl sites for hydroxylation is 3. The number of carbonyl (C=O) groups excluding carboxylic acids is 2. The van der Waals surface area contributed by atoms with Gasteiger partial charge in [0.25, 0.3) is 5.91 Å². The van der Waals surface area contributed by atoms with Crippen molar-refractivity contribution in [1.82, 2.24) is 20.1 Å². The van der Waals surface area contributed by atoms with Crippen molar-refractivity contribution in [2.45, 2.75) is 45.8 Å². The van der Waals surface area contributed by atoms with Crippen molar-refractivity contribution in [2.24, 2.45) is 13.0 Å². The number of thioether (sulfide) groups is 1. The lowest BCUT2D eigenvalue weighted by Gasteiger charge is -2.21. The second-order valence-corrected chi connectivity index (χ2v) is 9.51. The van der Waals surface area contributed by atoms with E-state index in [9.17, 15) is 9.59 Å². The summed E-state index contributed by atoms with van der Waals surface area (Å²) in [6.07, 6.45) is 0. The van der Waals surface area contributed by atoms with E-state index in [1.165, 1.54) is 11.8 Å². The van der Waals surface area contributed by atoms with Crippen LogP contribution in [0.1, 0.15) is 52.8 Å². The zero-order chi connectivity index (χ0) is 24.1. The van der Waals surface area contributed by atoms with Crippen LogP contribution in [-0.4, -0.2) is 32.3 Å². The van der Waals surface area contributed by atoms with Crippen molar-refractivity contribution >= 4 is 29.3 Å². The standard InChI is InChI=1S/C25H31N5O2S/c1-15(2)21(27-24(32)19-12-10-16(3)11-13-19)23-28-29-25(30(23)6)33-14-20(31)26-22-17(4)8-7-9-18(22)5/h7-13,15,21H,14H2,1-6H3,(H,26,31)(H,27,32)/t21-/m1/s1. The molecule has 0 aliphatic rings. The van der Waals surface area contributed by atoms with Crippen LogP contribution >= 0.6 is 11.8 Å². The Labute approximate surface area is 199 Å². The number of amides is 2. The second kappa shape index (κ2) is 10.7. The molecule has 3 rings (SSSR count). The van der Waals surface area contributed by atoms with Crippen LogP contribution in [0.3, 0.4) is 0 Å². The fourth-order valence-corrected chi connectivity index (χ4v) is 4.22. The molecular formula is C25H31N5O2S. The fraction of sp³-hybridized carbons (Fsp3) is 0.360. The van der Waals surface area contributed by atoms with Gasteiger partial charge < -0.3 is 15.2 Å². The van der Waals surface area contributed by atoms with E-state index in [1.54, 1.807) is 0 Å². The van der Waals surface area contributed by atoms with E-state index >= 15 is 0 Å². The first kappa shape index (κ1) is 24.5. The number of carbonyl (C=O) groups is 2. The molecular weight excluding hydrogens is 434 g/mol. The Hall–Kier alpha value is -3.13. The first-order valence-electron chi connectivity index (χ1n) is 10.9. The zero-order valence-corrected chi connectivity index (χ0v) is 20.8. The maximum absolute atomic E-state index is 12.8. The van der Waals surface area contributed by atoms with Crippen molar-refractivity contribution in [1.29, 1.82) is 0 Å². The maximum atomic E-state index is 12.8. The molecule has 2 aromatic carbocycles. The summed E-state index contributed by atoms with van der Waals surface area (Å²) in [5.41, 5.74) is 4.60. The van der Waals surface area contributed by atoms with Gasteiger partial charge in [-0.2, -0.15) is 0 Å². The molecule has 3 aromatic rings. The van der Waals surface area contributed by atoms with Crippen LogP contribution in [0.15, 0.2) is 47.6 Å². The van der Waals surface area contributed by atoms with Crippen LogP contribution < -0.4 is 10.6 Å². The van der Waals surface area contributed by atoms with Gasteiger partial charge in [0, 0.05) is 18.3 Å². The third kappa shape index (κ3) is 6.01. The molecule has 174 valence electrons. The number of anilines is 1. The molecule has 0 bridgehead atoms. The number of hydrogen-bond donors (Lipinski definition) is 2. The Bertz CT molecular complexity index is 1120. The van der Waals surface area contributed by atoms with Crippen LogP contribution in [0, 0.1) is 26.7 Å². The summed E-state index contributed by atoms with van der Waals surface area (Å²) in [5, 5.41) is 15.3. The first-order valence-corrected chi connectivity index (χ1v) is 11.9. The lowest BCUT2D eigenvalue weighted by molar-refractivity contribution is -0.113. The van der Waals surface area contributed by atoms with Gasteiger partial charge in [-0.3, -0.25) is 9.59 Å². The van der Waals surface area contributed by atoms with Gasteiger partial charge >= 0.3 is 0 Å². The van der Waals surface area contributed by atoms with Gasteiger partial charge in [0.05, 0.1) is 11.8 Å². The summed E-state index contributed by atoms with van der Waals surface area (Å²) in [5.74, 6) is 0.714. The lowest BCUT2D eigenvalue weighted by atomic mass is 10.0. The van der Waals surface area contributed by atoms with E-state index in [1.807, 2.05) is 88.7 Å². The minimum atomic E-state index is -0.311. The third-order valence-corrected chi connectivity index (χ3v) is 6.51. The highest BCUT2D eigenvalue weighted by molar-refractivity contribution is 7.99. The van der Waals surface area contributed by atoms with Crippen molar-refractivity contribution in [3.63, 3.8) is 0 Å². The number of nitrogens with zero attached hydrogens (tertiary/aromatic N) is 3. The van der Waals surface area contributed by atoms with E-state index in [-0.39, 0.29) is 29.5 Å². The monoisotopic (exact) mass is 465 g/mol. The van der Waals surface area contributed by atoms with Crippen LogP contribution in [0.25, 0.3) is 0 Å². The molecule has 0 saturated heterocycles. The Balaban J connectivity index is 1.68. The van der Waals surface area contributed by atoms with E-state index < -0.39 is 0 Å². The number of nitrogens with one attached hydrogen (secondary N) is 2. The Morgan fingerprint density at radius 2 is 1.64 bits per heavy atom. The summed E-state index contributed by atoms with van der Waals surface area (Å²) in [6.45, 7) is 9.99. The van der Waals surface area contributed by atoms with E-state index in [2.05, 4.69) is 20.8 Å². The number of rotatable bonds is 8. The lowest BCUT2D eigenvalue weighted by Crippen LogP contribution is -2.33. The predicted molar refractivity (Wildman–Crippen MR) is 132 cm³/mol. The molecule has 0 aliphatic heterocycles. The molecule has 0 aliphatic carbocycles. The van der Waals surface area contributed by atoms with Crippen LogP contribution in [0.4, 0.5) is 5.69 Å². The first-order chi connectivity index (χ1) is 15.7. The summed E-state index contributed by atoms with van der Waals surface area (Å²) >= 11 is 1.32. The van der Waals surface area contributed by atoms with Crippen molar-refractivity contribution < 1.29 is 9.59 Å². The largest absolute Gasteiger partial charge is 0.342 e. The molecule has 0 fully saturated rings. The maximum Gasteiger partial charge on any atom is 0.251 e. The third-order valence-electron chi connectivity index (χ3n) is 5.49. The molecule has 7 nitrogen and oxygen atoms in total. The van der Waals surface area contributed by atoms with Crippen molar-refractivity contribution in [3.05, 3.63) is 70.5 Å². The minimum absolute atomic E-state index is 0.102. The molecule has 1 aromatic heterocycles. The normalized spacial score (nSPS) is 12.0. The number of hydrogen-bond acceptors (Lipinski definition) is 5. The summed E-state index contributed by atoms with van der Waals surface area (Å²) < 4.78 is 1.84. The molecule has 2 N–H and O–H groups in total. The summed E-state index contributed by atoms with van der Waals surface area (Å²) in [7, 11) is 1.86. The van der Waals surface area contributed by atoms with Crippen LogP contribution in [-0.2, 0) is 11.8 Å². The zero-order valence-electron chi connectivity index (χ0n) is 20.0. The number of aromatic nitrogens is 3. The number of benzene rings is 2. The van der Waals surface area contributed by atoms with Crippen LogP contribution in [0.5, 0.6) is 0 Å². The molecule has 2 amide bonds. The highest BCUT2D eigenvalue weighted by Gasteiger charge is 2.25. The molecule has 8 heteroatoms. The Morgan fingerprint density at radius 1 is 1.00 bits per heavy atom. The van der Waals surface area contributed by atoms with Gasteiger partial charge in [0.2, 0.25) is 5.91 Å². The average Bonchev–Trinajstić information content (AvgIpc) is 3.13. The molecule has 0 unspecified atom stereocenters. The average molecular weight is 466 g/mol. The topological polar surface area (TPSA) is 88.9 Å². The van der Waals surface area contributed by atoms with Gasteiger partial charge in [-0.05, 0) is 49.9 Å². The minimum Gasteiger partial charge on any atom is -0.342 e. The van der Waals surface area contributed by atoms with E-state index in [0.29, 0.717) is 16.5 Å². The molecule has 0 saturated carbocycles. The second-order valence-electron chi connectivity index (χ2n) is 8.56. The smallest absolute Gasteiger partial charge is 0.251 e. The quantitative estimate of drug-likeness (QED) is 0.475. The van der Waals surface area contributed by atoms with E-state index in [0.717, 1.165) is 22.4 Å². The summed E-state index contributed by atoms with van der Waals surface area (Å²) in [4.78, 5) is 25.3. The Kier molecular flexibility index (Phi) is 7.92. The predicted octanol–water partition coefficient (Wildman–Crippen LogP) is 4.60. The van der Waals surface area contributed by atoms with E-state index in [4.69, 9.17) is 0 Å². The van der Waals surface area contributed by atoms with Gasteiger partial charge in [-0.15, -0.1) is 10.2 Å².